The maximum absolute atomic E-state index is 13.1. The highest BCUT2D eigenvalue weighted by Crippen LogP contribution is 2.22. The van der Waals surface area contributed by atoms with E-state index in [9.17, 15) is 17.6 Å². The largest absolute Gasteiger partial charge is 0.338 e. The third kappa shape index (κ3) is 5.65. The van der Waals surface area contributed by atoms with Gasteiger partial charge in [0.2, 0.25) is 21.8 Å². The average Bonchev–Trinajstić information content (AvgIpc) is 3.11. The van der Waals surface area contributed by atoms with Crippen LogP contribution in [0.2, 0.25) is 0 Å². The van der Waals surface area contributed by atoms with Gasteiger partial charge in [-0.3, -0.25) is 15.0 Å². The van der Waals surface area contributed by atoms with Gasteiger partial charge in [0, 0.05) is 31.3 Å². The summed E-state index contributed by atoms with van der Waals surface area (Å²) in [4.78, 5) is 14.5. The molecular weight excluding hydrogens is 447 g/mol. The molecule has 0 spiro atoms. The van der Waals surface area contributed by atoms with Crippen LogP contribution in [-0.2, 0) is 14.8 Å². The molecule has 10 heteroatoms. The predicted molar refractivity (Wildman–Crippen MR) is 122 cm³/mol. The van der Waals surface area contributed by atoms with Crippen molar-refractivity contribution in [3.63, 3.8) is 0 Å². The van der Waals surface area contributed by atoms with Crippen LogP contribution < -0.4 is 5.32 Å². The Kier molecular flexibility index (Phi) is 6.87. The number of anilines is 1. The quantitative estimate of drug-likeness (QED) is 0.592. The summed E-state index contributed by atoms with van der Waals surface area (Å²) in [7, 11) is -3.71. The standard InChI is InChI=1S/C23H25FN4O4S/c1-17-3-5-18(6-4-17)21-15-23(32-26-21)25-22(29)16-27-11-2-12-28(14-13-27)33(30,31)20-9-7-19(24)8-10-20/h3-10,15H,2,11-14,16H2,1H3,(H,25,29). The van der Waals surface area contributed by atoms with Crippen LogP contribution in [0.3, 0.4) is 0 Å². The minimum Gasteiger partial charge on any atom is -0.338 e. The number of rotatable bonds is 6. The van der Waals surface area contributed by atoms with Crippen molar-refractivity contribution in [1.82, 2.24) is 14.4 Å². The molecule has 1 fully saturated rings. The Morgan fingerprint density at radius 1 is 1.06 bits per heavy atom. The van der Waals surface area contributed by atoms with Gasteiger partial charge in [0.25, 0.3) is 0 Å². The van der Waals surface area contributed by atoms with E-state index in [4.69, 9.17) is 4.52 Å². The summed E-state index contributed by atoms with van der Waals surface area (Å²) in [5.74, 6) is -0.498. The van der Waals surface area contributed by atoms with Gasteiger partial charge in [0.15, 0.2) is 0 Å². The lowest BCUT2D eigenvalue weighted by Crippen LogP contribution is -2.38. The van der Waals surface area contributed by atoms with Crippen molar-refractivity contribution in [2.45, 2.75) is 18.2 Å². The smallest absolute Gasteiger partial charge is 0.243 e. The molecule has 1 saturated heterocycles. The van der Waals surface area contributed by atoms with Gasteiger partial charge in [-0.1, -0.05) is 35.0 Å². The molecule has 1 N–H and O–H groups in total. The van der Waals surface area contributed by atoms with E-state index in [1.165, 1.54) is 16.4 Å². The summed E-state index contributed by atoms with van der Waals surface area (Å²) < 4.78 is 45.5. The molecule has 174 valence electrons. The summed E-state index contributed by atoms with van der Waals surface area (Å²) >= 11 is 0. The lowest BCUT2D eigenvalue weighted by Gasteiger charge is -2.21. The van der Waals surface area contributed by atoms with Gasteiger partial charge < -0.3 is 4.52 Å². The van der Waals surface area contributed by atoms with E-state index in [-0.39, 0.29) is 29.8 Å². The number of carbonyl (C=O) groups is 1. The van der Waals surface area contributed by atoms with Crippen LogP contribution in [0, 0.1) is 12.7 Å². The van der Waals surface area contributed by atoms with Gasteiger partial charge in [-0.25, -0.2) is 12.8 Å². The van der Waals surface area contributed by atoms with Crippen molar-refractivity contribution >= 4 is 21.8 Å². The van der Waals surface area contributed by atoms with Crippen LogP contribution >= 0.6 is 0 Å². The molecule has 2 heterocycles. The second-order valence-electron chi connectivity index (χ2n) is 7.98. The lowest BCUT2D eigenvalue weighted by atomic mass is 10.1. The van der Waals surface area contributed by atoms with E-state index < -0.39 is 15.8 Å². The Bertz CT molecular complexity index is 1210. The first-order valence-electron chi connectivity index (χ1n) is 10.6. The molecule has 33 heavy (non-hydrogen) atoms. The number of carbonyl (C=O) groups excluding carboxylic acids is 1. The van der Waals surface area contributed by atoms with E-state index in [1.807, 2.05) is 36.1 Å². The molecule has 1 aliphatic heterocycles. The molecule has 1 amide bonds. The minimum absolute atomic E-state index is 0.0600. The van der Waals surface area contributed by atoms with Crippen LogP contribution in [0.25, 0.3) is 11.3 Å². The minimum atomic E-state index is -3.71. The summed E-state index contributed by atoms with van der Waals surface area (Å²) in [5, 5.41) is 6.71. The highest BCUT2D eigenvalue weighted by Gasteiger charge is 2.27. The second-order valence-corrected chi connectivity index (χ2v) is 9.92. The number of hydrogen-bond donors (Lipinski definition) is 1. The molecule has 1 aliphatic rings. The first kappa shape index (κ1) is 23.1. The molecule has 0 bridgehead atoms. The summed E-state index contributed by atoms with van der Waals surface area (Å²) in [6.45, 7) is 3.66. The highest BCUT2D eigenvalue weighted by atomic mass is 32.2. The van der Waals surface area contributed by atoms with Gasteiger partial charge in [0.1, 0.15) is 11.5 Å². The third-order valence-electron chi connectivity index (χ3n) is 5.49. The van der Waals surface area contributed by atoms with Gasteiger partial charge in [-0.05, 0) is 44.2 Å². The molecule has 8 nitrogen and oxygen atoms in total. The number of sulfonamides is 1. The SMILES string of the molecule is Cc1ccc(-c2cc(NC(=O)CN3CCCN(S(=O)(=O)c4ccc(F)cc4)CC3)on2)cc1. The first-order chi connectivity index (χ1) is 15.8. The van der Waals surface area contributed by atoms with Gasteiger partial charge >= 0.3 is 0 Å². The number of aromatic nitrogens is 1. The number of hydrogen-bond acceptors (Lipinski definition) is 6. The van der Waals surface area contributed by atoms with Crippen LogP contribution in [0.15, 0.2) is 64.0 Å². The second kappa shape index (κ2) is 9.82. The Labute approximate surface area is 192 Å². The number of aryl methyl sites for hydroxylation is 1. The van der Waals surface area contributed by atoms with Crippen LogP contribution in [0.1, 0.15) is 12.0 Å². The van der Waals surface area contributed by atoms with Crippen molar-refractivity contribution in [1.29, 1.82) is 0 Å². The van der Waals surface area contributed by atoms with E-state index >= 15 is 0 Å². The molecule has 4 rings (SSSR count). The number of benzene rings is 2. The number of amides is 1. The predicted octanol–water partition coefficient (Wildman–Crippen LogP) is 3.12. The molecular formula is C23H25FN4O4S. The fraction of sp³-hybridized carbons (Fsp3) is 0.304. The zero-order chi connectivity index (χ0) is 23.4. The molecule has 3 aromatic rings. The topological polar surface area (TPSA) is 95.8 Å². The van der Waals surface area contributed by atoms with Gasteiger partial charge in [0.05, 0.1) is 11.4 Å². The lowest BCUT2D eigenvalue weighted by molar-refractivity contribution is -0.117. The number of halogens is 1. The monoisotopic (exact) mass is 472 g/mol. The summed E-state index contributed by atoms with van der Waals surface area (Å²) in [6.07, 6.45) is 0.577. The van der Waals surface area contributed by atoms with Crippen molar-refractivity contribution < 1.29 is 22.1 Å². The van der Waals surface area contributed by atoms with Crippen molar-refractivity contribution in [3.05, 3.63) is 66.0 Å². The molecule has 0 unspecified atom stereocenters. The van der Waals surface area contributed by atoms with E-state index in [2.05, 4.69) is 10.5 Å². The Balaban J connectivity index is 1.32. The van der Waals surface area contributed by atoms with Crippen LogP contribution in [0.5, 0.6) is 0 Å². The summed E-state index contributed by atoms with van der Waals surface area (Å²) in [6, 6.07) is 14.3. The Morgan fingerprint density at radius 2 is 1.79 bits per heavy atom. The van der Waals surface area contributed by atoms with Crippen molar-refractivity contribution in [3.8, 4) is 11.3 Å². The fourth-order valence-electron chi connectivity index (χ4n) is 3.68. The van der Waals surface area contributed by atoms with Crippen LogP contribution in [-0.4, -0.2) is 61.4 Å². The zero-order valence-electron chi connectivity index (χ0n) is 18.2. The normalized spacial score (nSPS) is 15.8. The Morgan fingerprint density at radius 3 is 2.52 bits per heavy atom. The number of nitrogens with one attached hydrogen (secondary N) is 1. The van der Waals surface area contributed by atoms with Gasteiger partial charge in [-0.15, -0.1) is 0 Å². The molecule has 0 saturated carbocycles. The fourth-order valence-corrected chi connectivity index (χ4v) is 5.15. The molecule has 1 aromatic heterocycles. The molecule has 0 aliphatic carbocycles. The highest BCUT2D eigenvalue weighted by molar-refractivity contribution is 7.89. The average molecular weight is 473 g/mol. The van der Waals surface area contributed by atoms with E-state index in [1.54, 1.807) is 6.07 Å². The molecule has 0 atom stereocenters. The Hall–Kier alpha value is -3.08. The first-order valence-corrected chi connectivity index (χ1v) is 12.1. The maximum atomic E-state index is 13.1. The van der Waals surface area contributed by atoms with E-state index in [0.717, 1.165) is 23.3 Å². The van der Waals surface area contributed by atoms with Gasteiger partial charge in [-0.2, -0.15) is 4.31 Å². The molecule has 0 radical (unpaired) electrons. The van der Waals surface area contributed by atoms with Crippen molar-refractivity contribution in [2.75, 3.05) is 38.0 Å². The zero-order valence-corrected chi connectivity index (χ0v) is 19.0. The maximum Gasteiger partial charge on any atom is 0.243 e. The third-order valence-corrected chi connectivity index (χ3v) is 7.40. The van der Waals surface area contributed by atoms with Crippen LogP contribution in [0.4, 0.5) is 10.3 Å². The molecule has 2 aromatic carbocycles. The van der Waals surface area contributed by atoms with Crippen molar-refractivity contribution in [2.24, 2.45) is 0 Å². The van der Waals surface area contributed by atoms with E-state index in [0.29, 0.717) is 31.7 Å². The summed E-state index contributed by atoms with van der Waals surface area (Å²) in [5.41, 5.74) is 2.65. The number of nitrogens with zero attached hydrogens (tertiary/aromatic N) is 3.